The molecule has 0 saturated heterocycles. The summed E-state index contributed by atoms with van der Waals surface area (Å²) >= 11 is 0. The van der Waals surface area contributed by atoms with Gasteiger partial charge in [0.25, 0.3) is 0 Å². The predicted molar refractivity (Wildman–Crippen MR) is 80.7 cm³/mol. The number of hydrogen-bond acceptors (Lipinski definition) is 2. The van der Waals surface area contributed by atoms with Gasteiger partial charge in [0, 0.05) is 6.04 Å². The van der Waals surface area contributed by atoms with E-state index in [9.17, 15) is 0 Å². The molecule has 1 aromatic carbocycles. The van der Waals surface area contributed by atoms with E-state index < -0.39 is 0 Å². The molecule has 0 amide bonds. The van der Waals surface area contributed by atoms with Gasteiger partial charge in [-0.05, 0) is 55.8 Å². The van der Waals surface area contributed by atoms with E-state index in [0.717, 1.165) is 30.7 Å². The second-order valence-corrected chi connectivity index (χ2v) is 5.87. The Morgan fingerprint density at radius 1 is 1.21 bits per heavy atom. The zero-order valence-corrected chi connectivity index (χ0v) is 12.3. The fourth-order valence-electron chi connectivity index (χ4n) is 2.94. The average Bonchev–Trinajstić information content (AvgIpc) is 2.64. The maximum absolute atomic E-state index is 5.26. The van der Waals surface area contributed by atoms with Crippen LogP contribution in [0, 0.1) is 5.92 Å². The van der Waals surface area contributed by atoms with Gasteiger partial charge in [-0.1, -0.05) is 31.9 Å². The van der Waals surface area contributed by atoms with Crippen LogP contribution in [0.3, 0.4) is 0 Å². The van der Waals surface area contributed by atoms with Crippen LogP contribution in [0.2, 0.25) is 0 Å². The van der Waals surface area contributed by atoms with Crippen molar-refractivity contribution in [2.24, 2.45) is 5.92 Å². The molecule has 0 spiro atoms. The molecule has 2 nitrogen and oxygen atoms in total. The zero-order valence-electron chi connectivity index (χ0n) is 12.3. The Labute approximate surface area is 117 Å². The topological polar surface area (TPSA) is 21.3 Å². The summed E-state index contributed by atoms with van der Waals surface area (Å²) in [6.07, 6.45) is 7.97. The van der Waals surface area contributed by atoms with Crippen LogP contribution in [-0.2, 0) is 6.42 Å². The Balaban J connectivity index is 1.73. The summed E-state index contributed by atoms with van der Waals surface area (Å²) in [5, 5.41) is 3.73. The molecule has 2 atom stereocenters. The molecule has 0 aromatic heterocycles. The summed E-state index contributed by atoms with van der Waals surface area (Å²) in [6.45, 7) is 3.46. The summed E-state index contributed by atoms with van der Waals surface area (Å²) in [6, 6.07) is 9.12. The van der Waals surface area contributed by atoms with Gasteiger partial charge in [-0.3, -0.25) is 0 Å². The van der Waals surface area contributed by atoms with Crippen molar-refractivity contribution in [3.05, 3.63) is 29.8 Å². The Morgan fingerprint density at radius 2 is 2.11 bits per heavy atom. The third-order valence-electron chi connectivity index (χ3n) is 4.24. The fraction of sp³-hybridized carbons (Fsp3) is 0.647. The Morgan fingerprint density at radius 3 is 2.95 bits per heavy atom. The molecule has 1 aromatic rings. The number of hydrogen-bond donors (Lipinski definition) is 1. The molecule has 1 fully saturated rings. The van der Waals surface area contributed by atoms with Crippen molar-refractivity contribution in [3.63, 3.8) is 0 Å². The van der Waals surface area contributed by atoms with E-state index in [-0.39, 0.29) is 0 Å². The molecule has 0 heterocycles. The van der Waals surface area contributed by atoms with Gasteiger partial charge in [0.05, 0.1) is 7.11 Å². The van der Waals surface area contributed by atoms with Gasteiger partial charge in [-0.15, -0.1) is 0 Å². The smallest absolute Gasteiger partial charge is 0.119 e. The molecule has 106 valence electrons. The minimum atomic E-state index is 0.732. The Hall–Kier alpha value is -1.02. The average molecular weight is 261 g/mol. The molecule has 2 heteroatoms. The van der Waals surface area contributed by atoms with Crippen molar-refractivity contribution in [2.45, 2.75) is 51.5 Å². The first-order chi connectivity index (χ1) is 9.28. The molecule has 2 unspecified atom stereocenters. The SMILES string of the molecule is COc1cccc(CCNC2CCCC(C)CC2)c1. The van der Waals surface area contributed by atoms with Crippen molar-refractivity contribution < 1.29 is 4.74 Å². The van der Waals surface area contributed by atoms with Crippen LogP contribution >= 0.6 is 0 Å². The van der Waals surface area contributed by atoms with Gasteiger partial charge >= 0.3 is 0 Å². The Bertz CT molecular complexity index is 377. The van der Waals surface area contributed by atoms with Gasteiger partial charge in [0.15, 0.2) is 0 Å². The molecule has 2 rings (SSSR count). The van der Waals surface area contributed by atoms with E-state index in [4.69, 9.17) is 4.74 Å². The van der Waals surface area contributed by atoms with E-state index >= 15 is 0 Å². The number of nitrogens with one attached hydrogen (secondary N) is 1. The fourth-order valence-corrected chi connectivity index (χ4v) is 2.94. The van der Waals surface area contributed by atoms with Gasteiger partial charge in [-0.2, -0.15) is 0 Å². The number of rotatable bonds is 5. The highest BCUT2D eigenvalue weighted by Gasteiger charge is 2.15. The molecule has 1 saturated carbocycles. The standard InChI is InChI=1S/C17H27NO/c1-14-5-3-7-16(10-9-14)18-12-11-15-6-4-8-17(13-15)19-2/h4,6,8,13-14,16,18H,3,5,7,9-12H2,1-2H3. The van der Waals surface area contributed by atoms with Crippen molar-refractivity contribution in [3.8, 4) is 5.75 Å². The lowest BCUT2D eigenvalue weighted by molar-refractivity contribution is 0.414. The van der Waals surface area contributed by atoms with Crippen LogP contribution in [0.1, 0.15) is 44.6 Å². The summed E-state index contributed by atoms with van der Waals surface area (Å²) in [5.41, 5.74) is 1.36. The van der Waals surface area contributed by atoms with Gasteiger partial charge in [0.2, 0.25) is 0 Å². The summed E-state index contributed by atoms with van der Waals surface area (Å²) < 4.78 is 5.26. The molecule has 0 bridgehead atoms. The Kier molecular flexibility index (Phi) is 5.71. The minimum absolute atomic E-state index is 0.732. The molecule has 0 radical (unpaired) electrons. The first kappa shape index (κ1) is 14.4. The van der Waals surface area contributed by atoms with Crippen molar-refractivity contribution in [1.29, 1.82) is 0 Å². The largest absolute Gasteiger partial charge is 0.497 e. The van der Waals surface area contributed by atoms with Crippen LogP contribution in [0.25, 0.3) is 0 Å². The van der Waals surface area contributed by atoms with Crippen LogP contribution in [0.5, 0.6) is 5.75 Å². The second-order valence-electron chi connectivity index (χ2n) is 5.87. The summed E-state index contributed by atoms with van der Waals surface area (Å²) in [4.78, 5) is 0. The number of benzene rings is 1. The zero-order chi connectivity index (χ0) is 13.5. The first-order valence-electron chi connectivity index (χ1n) is 7.64. The highest BCUT2D eigenvalue weighted by atomic mass is 16.5. The third-order valence-corrected chi connectivity index (χ3v) is 4.24. The van der Waals surface area contributed by atoms with E-state index in [1.165, 1.54) is 37.7 Å². The van der Waals surface area contributed by atoms with Gasteiger partial charge in [0.1, 0.15) is 5.75 Å². The van der Waals surface area contributed by atoms with Crippen molar-refractivity contribution >= 4 is 0 Å². The molecular weight excluding hydrogens is 234 g/mol. The van der Waals surface area contributed by atoms with Crippen molar-refractivity contribution in [1.82, 2.24) is 5.32 Å². The van der Waals surface area contributed by atoms with Crippen LogP contribution in [-0.4, -0.2) is 19.7 Å². The normalized spacial score (nSPS) is 23.9. The van der Waals surface area contributed by atoms with Crippen LogP contribution in [0.4, 0.5) is 0 Å². The lowest BCUT2D eigenvalue weighted by atomic mass is 10.0. The lowest BCUT2D eigenvalue weighted by Gasteiger charge is -2.16. The quantitative estimate of drug-likeness (QED) is 0.814. The van der Waals surface area contributed by atoms with Crippen molar-refractivity contribution in [2.75, 3.05) is 13.7 Å². The second kappa shape index (κ2) is 7.54. The minimum Gasteiger partial charge on any atom is -0.497 e. The van der Waals surface area contributed by atoms with E-state index in [1.807, 2.05) is 6.07 Å². The predicted octanol–water partition coefficient (Wildman–Crippen LogP) is 3.80. The van der Waals surface area contributed by atoms with E-state index in [2.05, 4.69) is 30.4 Å². The number of methoxy groups -OCH3 is 1. The third kappa shape index (κ3) is 4.87. The molecule has 19 heavy (non-hydrogen) atoms. The summed E-state index contributed by atoms with van der Waals surface area (Å²) in [5.74, 6) is 1.88. The van der Waals surface area contributed by atoms with E-state index in [0.29, 0.717) is 0 Å². The maximum atomic E-state index is 5.26. The van der Waals surface area contributed by atoms with Crippen LogP contribution < -0.4 is 10.1 Å². The highest BCUT2D eigenvalue weighted by Crippen LogP contribution is 2.22. The van der Waals surface area contributed by atoms with Gasteiger partial charge in [-0.25, -0.2) is 0 Å². The van der Waals surface area contributed by atoms with Gasteiger partial charge < -0.3 is 10.1 Å². The first-order valence-corrected chi connectivity index (χ1v) is 7.64. The lowest BCUT2D eigenvalue weighted by Crippen LogP contribution is -2.30. The highest BCUT2D eigenvalue weighted by molar-refractivity contribution is 5.28. The molecule has 1 aliphatic rings. The molecular formula is C17H27NO. The molecule has 1 aliphatic carbocycles. The molecule has 1 N–H and O–H groups in total. The monoisotopic (exact) mass is 261 g/mol. The summed E-state index contributed by atoms with van der Waals surface area (Å²) in [7, 11) is 1.73. The maximum Gasteiger partial charge on any atom is 0.119 e. The number of ether oxygens (including phenoxy) is 1. The van der Waals surface area contributed by atoms with E-state index in [1.54, 1.807) is 7.11 Å². The molecule has 0 aliphatic heterocycles. The van der Waals surface area contributed by atoms with Crippen LogP contribution in [0.15, 0.2) is 24.3 Å².